The monoisotopic (exact) mass is 263 g/mol. The van der Waals surface area contributed by atoms with Crippen LogP contribution in [0.2, 0.25) is 10.0 Å². The summed E-state index contributed by atoms with van der Waals surface area (Å²) in [6, 6.07) is 5.48. The molecule has 1 aromatic rings. The molecule has 0 saturated carbocycles. The van der Waals surface area contributed by atoms with Crippen molar-refractivity contribution in [1.29, 1.82) is 0 Å². The number of halogens is 4. The Balaban J connectivity index is 0. The first-order valence-corrected chi connectivity index (χ1v) is 3.91. The normalized spacial score (nSPS) is 8.00. The molecule has 0 aliphatic heterocycles. The third-order valence-electron chi connectivity index (χ3n) is 0.963. The molecule has 59 valence electrons. The van der Waals surface area contributed by atoms with Gasteiger partial charge in [0.15, 0.2) is 0 Å². The summed E-state index contributed by atoms with van der Waals surface area (Å²) in [5.41, 5.74) is 0. The van der Waals surface area contributed by atoms with Crippen LogP contribution in [0, 0.1) is 0 Å². The average Bonchev–Trinajstić information content (AvgIpc) is 1.83. The largest absolute Gasteiger partial charge is 1.00 e. The zero-order valence-electron chi connectivity index (χ0n) is 5.24. The number of hydrogen-bond donors (Lipinski definition) is 0. The minimum Gasteiger partial charge on any atom is -1.00 e. The number of hydrogen-bond acceptors (Lipinski definition) is 0. The molecule has 0 aliphatic carbocycles. The maximum absolute atomic E-state index is 5.73. The van der Waals surface area contributed by atoms with Crippen LogP contribution in [-0.4, -0.2) is 0 Å². The van der Waals surface area contributed by atoms with Gasteiger partial charge in [-0.2, -0.15) is 0 Å². The molecule has 0 heterocycles. The summed E-state index contributed by atoms with van der Waals surface area (Å²) < 4.78 is 0.945. The molecule has 0 saturated heterocycles. The Morgan fingerprint density at radius 3 is 1.64 bits per heavy atom. The molecule has 1 aromatic carbocycles. The van der Waals surface area contributed by atoms with Crippen molar-refractivity contribution in [2.75, 3.05) is 0 Å². The van der Waals surface area contributed by atoms with Crippen molar-refractivity contribution in [3.05, 3.63) is 28.2 Å². The van der Waals surface area contributed by atoms with Crippen molar-refractivity contribution in [2.24, 2.45) is 0 Å². The molecule has 0 fully saturated rings. The van der Waals surface area contributed by atoms with Gasteiger partial charge in [-0.1, -0.05) is 0 Å². The maximum Gasteiger partial charge on any atom is -1.00 e. The van der Waals surface area contributed by atoms with E-state index in [1.54, 1.807) is 0 Å². The first-order valence-electron chi connectivity index (χ1n) is 2.37. The molecule has 0 spiro atoms. The molecule has 11 heavy (non-hydrogen) atoms. The van der Waals surface area contributed by atoms with Crippen molar-refractivity contribution in [2.45, 2.75) is 0 Å². The summed E-state index contributed by atoms with van der Waals surface area (Å²) in [4.78, 5) is 0. The van der Waals surface area contributed by atoms with Gasteiger partial charge in [0.2, 0.25) is 0 Å². The van der Waals surface area contributed by atoms with Gasteiger partial charge in [0.1, 0.15) is 0 Å². The third kappa shape index (κ3) is 4.03. The minimum atomic E-state index is 0. The summed E-state index contributed by atoms with van der Waals surface area (Å²) in [5, 5.41) is 1.45. The summed E-state index contributed by atoms with van der Waals surface area (Å²) in [6.07, 6.45) is 0. The first-order chi connectivity index (χ1) is 4.22. The van der Waals surface area contributed by atoms with Gasteiger partial charge in [-0.25, -0.2) is 0 Å². The molecule has 0 N–H and O–H groups in total. The van der Waals surface area contributed by atoms with Gasteiger partial charge in [-0.15, -0.1) is 0 Å². The van der Waals surface area contributed by atoms with Gasteiger partial charge in [0, 0.05) is 0 Å². The average molecular weight is 265 g/mol. The molecule has 1 rings (SSSR count). The van der Waals surface area contributed by atoms with E-state index < -0.39 is 0 Å². The Hall–Kier alpha value is 1.09. The molecule has 5 heteroatoms. The molecule has 0 aromatic heterocycles. The van der Waals surface area contributed by atoms with Gasteiger partial charge in [-0.05, 0) is 0 Å². The molecule has 0 aliphatic rings. The molecule has 0 unspecified atom stereocenters. The quantitative estimate of drug-likeness (QED) is 0.422. The maximum atomic E-state index is 5.73. The predicted molar refractivity (Wildman–Crippen MR) is 36.1 cm³/mol. The van der Waals surface area contributed by atoms with Gasteiger partial charge in [0.05, 0.1) is 0 Å². The Morgan fingerprint density at radius 2 is 1.36 bits per heavy atom. The number of rotatable bonds is 0. The van der Waals surface area contributed by atoms with E-state index in [1.165, 1.54) is 0 Å². The van der Waals surface area contributed by atoms with E-state index in [1.807, 2.05) is 38.6 Å². The Bertz CT molecular complexity index is 206. The fourth-order valence-electron chi connectivity index (χ4n) is 0.498. The van der Waals surface area contributed by atoms with Crippen molar-refractivity contribution in [3.63, 3.8) is 0 Å². The second kappa shape index (κ2) is 6.59. The Labute approximate surface area is 99.9 Å². The molecule has 0 bridgehead atoms. The summed E-state index contributed by atoms with van der Waals surface area (Å²) in [6.45, 7) is 0. The smallest absolute Gasteiger partial charge is 1.00 e. The van der Waals surface area contributed by atoms with Crippen molar-refractivity contribution >= 4 is 27.1 Å². The second-order valence-electron chi connectivity index (χ2n) is 1.60. The van der Waals surface area contributed by atoms with Crippen LogP contribution in [-0.2, 0) is 20.4 Å². The molecule has 0 nitrogen and oxygen atoms in total. The molecule has 0 radical (unpaired) electrons. The standard InChI is InChI=1S/C6H3Cl2.2ClH.Ti/c7-5-2-1-3-6(8)4-5;;;/h1-3H;2*1H;/q;;;+2/p-2. The molecular weight excluding hydrogens is 262 g/mol. The van der Waals surface area contributed by atoms with Crippen LogP contribution in [0.3, 0.4) is 0 Å². The zero-order valence-corrected chi connectivity index (χ0v) is 9.83. The van der Waals surface area contributed by atoms with Crippen LogP contribution in [0.15, 0.2) is 18.2 Å². The van der Waals surface area contributed by atoms with E-state index in [-0.39, 0.29) is 24.8 Å². The molecular formula is C6H3Cl4Ti. The van der Waals surface area contributed by atoms with Crippen LogP contribution in [0.4, 0.5) is 0 Å². The van der Waals surface area contributed by atoms with Crippen molar-refractivity contribution in [1.82, 2.24) is 0 Å². The van der Waals surface area contributed by atoms with Crippen molar-refractivity contribution in [3.8, 4) is 0 Å². The zero-order chi connectivity index (χ0) is 6.85. The van der Waals surface area contributed by atoms with Crippen LogP contribution in [0.1, 0.15) is 0 Å². The van der Waals surface area contributed by atoms with Crippen molar-refractivity contribution < 1.29 is 45.2 Å². The first kappa shape index (κ1) is 14.6. The van der Waals surface area contributed by atoms with Crippen LogP contribution < -0.4 is 28.7 Å². The molecule has 0 amide bonds. The van der Waals surface area contributed by atoms with E-state index in [0.29, 0.717) is 0 Å². The van der Waals surface area contributed by atoms with E-state index in [9.17, 15) is 0 Å². The van der Waals surface area contributed by atoms with E-state index in [0.717, 1.165) is 13.9 Å². The second-order valence-corrected chi connectivity index (χ2v) is 3.19. The predicted octanol–water partition coefficient (Wildman–Crippen LogP) is -3.83. The fraction of sp³-hybridized carbons (Fsp3) is 0. The Kier molecular flexibility index (Phi) is 8.76. The van der Waals surface area contributed by atoms with Crippen LogP contribution >= 0.6 is 23.2 Å². The van der Waals surface area contributed by atoms with Gasteiger partial charge in [-0.3, -0.25) is 0 Å². The summed E-state index contributed by atoms with van der Waals surface area (Å²) in [7, 11) is 0. The van der Waals surface area contributed by atoms with E-state index in [2.05, 4.69) is 0 Å². The summed E-state index contributed by atoms with van der Waals surface area (Å²) in [5.74, 6) is 0. The summed E-state index contributed by atoms with van der Waals surface area (Å²) >= 11 is 13.4. The van der Waals surface area contributed by atoms with Crippen LogP contribution in [0.25, 0.3) is 0 Å². The van der Waals surface area contributed by atoms with Crippen LogP contribution in [0.5, 0.6) is 0 Å². The Morgan fingerprint density at radius 1 is 1.00 bits per heavy atom. The van der Waals surface area contributed by atoms with Gasteiger partial charge in [0.25, 0.3) is 0 Å². The van der Waals surface area contributed by atoms with Gasteiger partial charge >= 0.3 is 75.7 Å². The van der Waals surface area contributed by atoms with E-state index in [4.69, 9.17) is 23.2 Å². The third-order valence-corrected chi connectivity index (χ3v) is 2.93. The number of benzene rings is 1. The van der Waals surface area contributed by atoms with Gasteiger partial charge < -0.3 is 24.8 Å². The minimum absolute atomic E-state index is 0. The topological polar surface area (TPSA) is 0 Å². The van der Waals surface area contributed by atoms with E-state index >= 15 is 0 Å². The SMILES string of the molecule is Clc1cccc(Cl)[c]1[Ti+2].[Cl-].[Cl-]. The molecule has 0 atom stereocenters. The fourth-order valence-corrected chi connectivity index (χ4v) is 1.16.